The Kier molecular flexibility index (Phi) is 4.74. The van der Waals surface area contributed by atoms with E-state index >= 15 is 0 Å². The lowest BCUT2D eigenvalue weighted by Crippen LogP contribution is -2.36. The topological polar surface area (TPSA) is 29.5 Å². The molecule has 0 aliphatic carbocycles. The van der Waals surface area contributed by atoms with Gasteiger partial charge in [-0.15, -0.1) is 0 Å². The van der Waals surface area contributed by atoms with E-state index in [9.17, 15) is 4.79 Å². The summed E-state index contributed by atoms with van der Waals surface area (Å²) in [5.41, 5.74) is 1.98. The fourth-order valence-electron chi connectivity index (χ4n) is 2.36. The quantitative estimate of drug-likeness (QED) is 0.779. The molecule has 0 atom stereocenters. The number of likely N-dealkylation sites (tertiary alicyclic amines) is 1. The molecule has 0 N–H and O–H groups in total. The number of carbonyl (C=O) groups excluding carboxylic acids is 1. The van der Waals surface area contributed by atoms with Crippen LogP contribution in [0.4, 0.5) is 0 Å². The summed E-state index contributed by atoms with van der Waals surface area (Å²) in [6.45, 7) is 4.90. The third-order valence-corrected chi connectivity index (χ3v) is 3.40. The molecule has 1 aliphatic heterocycles. The Morgan fingerprint density at radius 3 is 2.68 bits per heavy atom. The van der Waals surface area contributed by atoms with Crippen molar-refractivity contribution < 1.29 is 9.53 Å². The number of rotatable bonds is 4. The summed E-state index contributed by atoms with van der Waals surface area (Å²) in [5, 5.41) is 0. The third kappa shape index (κ3) is 3.67. The first-order chi connectivity index (χ1) is 9.22. The molecule has 1 aromatic rings. The van der Waals surface area contributed by atoms with Crippen molar-refractivity contribution in [2.45, 2.75) is 19.8 Å². The number of Topliss-reactive ketones (excluding diaryl/α,β-unsaturated/α-hetero) is 1. The van der Waals surface area contributed by atoms with Crippen LogP contribution >= 0.6 is 0 Å². The number of methoxy groups -OCH3 is 1. The molecule has 102 valence electrons. The Morgan fingerprint density at radius 1 is 1.32 bits per heavy atom. The Morgan fingerprint density at radius 2 is 2.05 bits per heavy atom. The molecule has 1 aliphatic rings. The molecule has 3 heteroatoms. The number of ether oxygens (including phenoxy) is 1. The molecule has 19 heavy (non-hydrogen) atoms. The number of carbonyl (C=O) groups is 1. The van der Waals surface area contributed by atoms with Crippen molar-refractivity contribution in [2.24, 2.45) is 0 Å². The van der Waals surface area contributed by atoms with Crippen LogP contribution in [-0.4, -0.2) is 37.4 Å². The van der Waals surface area contributed by atoms with Gasteiger partial charge in [0.25, 0.3) is 0 Å². The summed E-state index contributed by atoms with van der Waals surface area (Å²) >= 11 is 0. The number of nitrogens with zero attached hydrogens (tertiary/aromatic N) is 1. The second-order valence-corrected chi connectivity index (χ2v) is 4.89. The van der Waals surface area contributed by atoms with Gasteiger partial charge < -0.3 is 4.74 Å². The van der Waals surface area contributed by atoms with E-state index in [2.05, 4.69) is 11.8 Å². The maximum atomic E-state index is 12.0. The summed E-state index contributed by atoms with van der Waals surface area (Å²) in [4.78, 5) is 14.3. The molecule has 3 nitrogen and oxygen atoms in total. The first-order valence-electron chi connectivity index (χ1n) is 6.83. The monoisotopic (exact) mass is 259 g/mol. The van der Waals surface area contributed by atoms with Crippen molar-refractivity contribution in [1.82, 2.24) is 4.90 Å². The van der Waals surface area contributed by atoms with E-state index in [0.29, 0.717) is 6.42 Å². The summed E-state index contributed by atoms with van der Waals surface area (Å²) in [7, 11) is 1.65. The van der Waals surface area contributed by atoms with Gasteiger partial charge in [-0.3, -0.25) is 9.69 Å². The lowest BCUT2D eigenvalue weighted by atomic mass is 10.00. The van der Waals surface area contributed by atoms with E-state index in [4.69, 9.17) is 4.74 Å². The van der Waals surface area contributed by atoms with Gasteiger partial charge in [-0.1, -0.05) is 19.1 Å². The van der Waals surface area contributed by atoms with E-state index in [0.717, 1.165) is 42.9 Å². The molecular weight excluding hydrogens is 238 g/mol. The highest BCUT2D eigenvalue weighted by molar-refractivity contribution is 6.00. The fraction of sp³-hybridized carbons (Fsp3) is 0.438. The molecule has 1 aromatic carbocycles. The number of piperidine rings is 1. The van der Waals surface area contributed by atoms with E-state index in [-0.39, 0.29) is 5.78 Å². The van der Waals surface area contributed by atoms with Gasteiger partial charge in [-0.2, -0.15) is 0 Å². The first-order valence-corrected chi connectivity index (χ1v) is 6.83. The van der Waals surface area contributed by atoms with E-state index in [1.54, 1.807) is 7.11 Å². The molecule has 1 heterocycles. The van der Waals surface area contributed by atoms with Crippen LogP contribution in [0, 0.1) is 0 Å². The highest BCUT2D eigenvalue weighted by Gasteiger charge is 2.20. The molecule has 1 saturated heterocycles. The minimum absolute atomic E-state index is 0.281. The fourth-order valence-corrected chi connectivity index (χ4v) is 2.36. The van der Waals surface area contributed by atoms with E-state index in [1.165, 1.54) is 0 Å². The zero-order valence-corrected chi connectivity index (χ0v) is 11.7. The summed E-state index contributed by atoms with van der Waals surface area (Å²) in [6.07, 6.45) is 3.77. The standard InChI is InChI=1S/C16H21NO2/c1-3-9-17-10-8-16(18)14(12-17)11-13-4-6-15(19-2)7-5-13/h4-7,11H,3,8-10,12H2,1-2H3/b14-11+. The van der Waals surface area contributed by atoms with Gasteiger partial charge >= 0.3 is 0 Å². The second kappa shape index (κ2) is 6.53. The highest BCUT2D eigenvalue weighted by atomic mass is 16.5. The number of hydrogen-bond donors (Lipinski definition) is 0. The van der Waals surface area contributed by atoms with Gasteiger partial charge in [0, 0.05) is 25.1 Å². The van der Waals surface area contributed by atoms with Crippen molar-refractivity contribution in [3.8, 4) is 5.75 Å². The third-order valence-electron chi connectivity index (χ3n) is 3.40. The molecule has 0 spiro atoms. The van der Waals surface area contributed by atoms with Crippen LogP contribution in [0.15, 0.2) is 29.8 Å². The smallest absolute Gasteiger partial charge is 0.161 e. The van der Waals surface area contributed by atoms with Crippen LogP contribution < -0.4 is 4.74 Å². The van der Waals surface area contributed by atoms with Gasteiger partial charge in [-0.25, -0.2) is 0 Å². The normalized spacial score (nSPS) is 18.8. The number of benzene rings is 1. The number of ketones is 1. The maximum Gasteiger partial charge on any atom is 0.161 e. The van der Waals surface area contributed by atoms with Gasteiger partial charge in [0.05, 0.1) is 7.11 Å². The largest absolute Gasteiger partial charge is 0.497 e. The van der Waals surface area contributed by atoms with Crippen LogP contribution in [0.2, 0.25) is 0 Å². The van der Waals surface area contributed by atoms with Crippen LogP contribution in [-0.2, 0) is 4.79 Å². The van der Waals surface area contributed by atoms with Crippen molar-refractivity contribution >= 4 is 11.9 Å². The van der Waals surface area contributed by atoms with Crippen molar-refractivity contribution in [3.05, 3.63) is 35.4 Å². The minimum Gasteiger partial charge on any atom is -0.497 e. The molecule has 0 radical (unpaired) electrons. The average Bonchev–Trinajstić information content (AvgIpc) is 2.44. The Balaban J connectivity index is 2.12. The van der Waals surface area contributed by atoms with Gasteiger partial charge in [0.15, 0.2) is 5.78 Å². The molecular formula is C16H21NO2. The molecule has 0 bridgehead atoms. The Hall–Kier alpha value is -1.61. The predicted octanol–water partition coefficient (Wildman–Crippen LogP) is 2.76. The Bertz CT molecular complexity index is 462. The van der Waals surface area contributed by atoms with Crippen molar-refractivity contribution in [2.75, 3.05) is 26.7 Å². The van der Waals surface area contributed by atoms with Crippen LogP contribution in [0.5, 0.6) is 5.75 Å². The summed E-state index contributed by atoms with van der Waals surface area (Å²) < 4.78 is 5.13. The van der Waals surface area contributed by atoms with Crippen molar-refractivity contribution in [1.29, 1.82) is 0 Å². The average molecular weight is 259 g/mol. The Labute approximate surface area is 114 Å². The minimum atomic E-state index is 0.281. The molecule has 1 fully saturated rings. The molecule has 2 rings (SSSR count). The maximum absolute atomic E-state index is 12.0. The van der Waals surface area contributed by atoms with E-state index in [1.807, 2.05) is 30.3 Å². The van der Waals surface area contributed by atoms with Crippen molar-refractivity contribution in [3.63, 3.8) is 0 Å². The molecule has 0 saturated carbocycles. The van der Waals surface area contributed by atoms with Crippen LogP contribution in [0.3, 0.4) is 0 Å². The summed E-state index contributed by atoms with van der Waals surface area (Å²) in [6, 6.07) is 7.81. The van der Waals surface area contributed by atoms with Gasteiger partial charge in [0.2, 0.25) is 0 Å². The zero-order valence-electron chi connectivity index (χ0n) is 11.7. The summed E-state index contributed by atoms with van der Waals surface area (Å²) in [5.74, 6) is 1.12. The zero-order chi connectivity index (χ0) is 13.7. The predicted molar refractivity (Wildman–Crippen MR) is 77.3 cm³/mol. The first kappa shape index (κ1) is 13.8. The number of hydrogen-bond acceptors (Lipinski definition) is 3. The molecule has 0 amide bonds. The van der Waals surface area contributed by atoms with Crippen LogP contribution in [0.1, 0.15) is 25.3 Å². The van der Waals surface area contributed by atoms with Gasteiger partial charge in [0.1, 0.15) is 5.75 Å². The highest BCUT2D eigenvalue weighted by Crippen LogP contribution is 2.18. The van der Waals surface area contributed by atoms with Gasteiger partial charge in [-0.05, 0) is 36.7 Å². The van der Waals surface area contributed by atoms with Crippen LogP contribution in [0.25, 0.3) is 6.08 Å². The molecule has 0 unspecified atom stereocenters. The molecule has 0 aromatic heterocycles. The lowest BCUT2D eigenvalue weighted by Gasteiger charge is -2.27. The lowest BCUT2D eigenvalue weighted by molar-refractivity contribution is -0.117. The van der Waals surface area contributed by atoms with E-state index < -0.39 is 0 Å². The SMILES string of the molecule is CCCN1CCC(=O)/C(=C/c2ccc(OC)cc2)C1. The second-order valence-electron chi connectivity index (χ2n) is 4.89.